The molecule has 0 saturated carbocycles. The molecule has 10 heteroatoms. The molecule has 1 N–H and O–H groups in total. The van der Waals surface area contributed by atoms with Crippen LogP contribution in [0, 0.1) is 28.9 Å². The number of anilines is 2. The van der Waals surface area contributed by atoms with Gasteiger partial charge in [0.2, 0.25) is 17.7 Å². The topological polar surface area (TPSA) is 113 Å². The van der Waals surface area contributed by atoms with Gasteiger partial charge in [0.05, 0.1) is 28.1 Å². The van der Waals surface area contributed by atoms with Gasteiger partial charge < -0.3 is 5.32 Å². The van der Waals surface area contributed by atoms with Crippen LogP contribution in [0.25, 0.3) is 0 Å². The van der Waals surface area contributed by atoms with Crippen molar-refractivity contribution < 1.29 is 19.3 Å². The van der Waals surface area contributed by atoms with Crippen LogP contribution in [-0.4, -0.2) is 40.1 Å². The summed E-state index contributed by atoms with van der Waals surface area (Å²) in [6.07, 6.45) is 1.50. The quantitative estimate of drug-likeness (QED) is 0.413. The second kappa shape index (κ2) is 6.61. The molecule has 0 unspecified atom stereocenters. The van der Waals surface area contributed by atoms with Crippen LogP contribution >= 0.6 is 11.6 Å². The smallest absolute Gasteiger partial charge is 0.271 e. The second-order valence-corrected chi connectivity index (χ2v) is 9.42. The Kier molecular flexibility index (Phi) is 4.07. The zero-order valence-corrected chi connectivity index (χ0v) is 18.3. The fraction of sp³-hybridized carbons (Fsp3) is 0.348. The molecule has 1 spiro atoms. The average Bonchev–Trinajstić information content (AvgIpc) is 3.49. The number of nitrogens with one attached hydrogen (secondary N) is 1. The highest BCUT2D eigenvalue weighted by atomic mass is 35.5. The summed E-state index contributed by atoms with van der Waals surface area (Å²) < 4.78 is 0. The summed E-state index contributed by atoms with van der Waals surface area (Å²) in [4.78, 5) is 55.0. The standard InChI is InChI=1S/C23H19ClN4O5/c1-11-15(24)8-7-14-19(11)25-22(31)23(14)18-17(16-6-3-9-26(16)23)20(29)27(21(18)30)12-4-2-5-13(10-12)28(32)33/h2,4-5,7-8,10,16-18H,3,6,9H2,1H3,(H,25,31)/t16-,17-,18+,23-/m1/s1. The zero-order valence-electron chi connectivity index (χ0n) is 17.6. The molecule has 4 aliphatic heterocycles. The molecule has 2 aromatic rings. The van der Waals surface area contributed by atoms with Crippen molar-refractivity contribution in [2.45, 2.75) is 31.3 Å². The van der Waals surface area contributed by atoms with Gasteiger partial charge in [-0.1, -0.05) is 23.7 Å². The molecule has 0 bridgehead atoms. The fourth-order valence-electron chi connectivity index (χ4n) is 6.39. The van der Waals surface area contributed by atoms with Crippen molar-refractivity contribution in [3.05, 3.63) is 62.7 Å². The van der Waals surface area contributed by atoms with Crippen molar-refractivity contribution in [2.24, 2.45) is 11.8 Å². The fourth-order valence-corrected chi connectivity index (χ4v) is 6.55. The van der Waals surface area contributed by atoms with E-state index in [-0.39, 0.29) is 23.3 Å². The lowest BCUT2D eigenvalue weighted by atomic mass is 9.75. The van der Waals surface area contributed by atoms with E-state index in [4.69, 9.17) is 11.6 Å². The molecule has 2 aromatic carbocycles. The van der Waals surface area contributed by atoms with Crippen LogP contribution in [0.2, 0.25) is 5.02 Å². The van der Waals surface area contributed by atoms with Gasteiger partial charge in [0, 0.05) is 28.8 Å². The van der Waals surface area contributed by atoms with Gasteiger partial charge in [0.15, 0.2) is 0 Å². The highest BCUT2D eigenvalue weighted by molar-refractivity contribution is 6.32. The second-order valence-electron chi connectivity index (χ2n) is 9.01. The van der Waals surface area contributed by atoms with Crippen molar-refractivity contribution in [1.29, 1.82) is 0 Å². The maximum absolute atomic E-state index is 13.9. The van der Waals surface area contributed by atoms with Crippen LogP contribution in [0.3, 0.4) is 0 Å². The Balaban J connectivity index is 1.55. The van der Waals surface area contributed by atoms with Gasteiger partial charge in [-0.05, 0) is 44.0 Å². The zero-order chi connectivity index (χ0) is 23.2. The third-order valence-corrected chi connectivity index (χ3v) is 8.07. The van der Waals surface area contributed by atoms with Crippen molar-refractivity contribution in [2.75, 3.05) is 16.8 Å². The number of hydrogen-bond donors (Lipinski definition) is 1. The van der Waals surface area contributed by atoms with E-state index in [1.807, 2.05) is 11.8 Å². The van der Waals surface area contributed by atoms with Gasteiger partial charge in [0.1, 0.15) is 5.54 Å². The van der Waals surface area contributed by atoms with E-state index in [0.29, 0.717) is 34.8 Å². The van der Waals surface area contributed by atoms with Crippen LogP contribution in [-0.2, 0) is 19.9 Å². The first kappa shape index (κ1) is 20.3. The van der Waals surface area contributed by atoms with E-state index in [0.717, 1.165) is 11.3 Å². The first-order chi connectivity index (χ1) is 15.8. The molecule has 3 fully saturated rings. The number of carbonyl (C=O) groups excluding carboxylic acids is 3. The van der Waals surface area contributed by atoms with Crippen LogP contribution in [0.4, 0.5) is 17.1 Å². The summed E-state index contributed by atoms with van der Waals surface area (Å²) in [7, 11) is 0. The molecular formula is C23H19ClN4O5. The van der Waals surface area contributed by atoms with Gasteiger partial charge in [-0.15, -0.1) is 0 Å². The Morgan fingerprint density at radius 3 is 2.73 bits per heavy atom. The SMILES string of the molecule is Cc1c(Cl)ccc2c1NC(=O)[C@]21[C@@H]2C(=O)N(c3cccc([N+](=O)[O-])c3)C(=O)[C@@H]2[C@H]2CCCN21. The highest BCUT2D eigenvalue weighted by Gasteiger charge is 2.74. The molecular weight excluding hydrogens is 448 g/mol. The summed E-state index contributed by atoms with van der Waals surface area (Å²) in [6, 6.07) is 8.72. The van der Waals surface area contributed by atoms with E-state index in [9.17, 15) is 24.5 Å². The Bertz CT molecular complexity index is 1300. The summed E-state index contributed by atoms with van der Waals surface area (Å²) in [5.41, 5.74) is 0.601. The number of nitro benzene ring substituents is 1. The molecule has 0 aliphatic carbocycles. The number of nitro groups is 1. The minimum atomic E-state index is -1.31. The molecule has 33 heavy (non-hydrogen) atoms. The first-order valence-electron chi connectivity index (χ1n) is 10.8. The Hall–Kier alpha value is -3.30. The van der Waals surface area contributed by atoms with Gasteiger partial charge in [-0.25, -0.2) is 4.90 Å². The number of fused-ring (bicyclic) bond motifs is 7. The lowest BCUT2D eigenvalue weighted by Crippen LogP contribution is -2.54. The Morgan fingerprint density at radius 1 is 1.18 bits per heavy atom. The lowest BCUT2D eigenvalue weighted by Gasteiger charge is -2.36. The molecule has 4 aliphatic rings. The number of imide groups is 1. The monoisotopic (exact) mass is 466 g/mol. The summed E-state index contributed by atoms with van der Waals surface area (Å²) in [5.74, 6) is -2.87. The van der Waals surface area contributed by atoms with Crippen molar-refractivity contribution >= 4 is 46.4 Å². The van der Waals surface area contributed by atoms with Crippen LogP contribution in [0.1, 0.15) is 24.0 Å². The van der Waals surface area contributed by atoms with E-state index in [2.05, 4.69) is 5.32 Å². The number of hydrogen-bond acceptors (Lipinski definition) is 6. The molecule has 3 amide bonds. The Labute approximate surface area is 193 Å². The molecule has 9 nitrogen and oxygen atoms in total. The molecule has 168 valence electrons. The molecule has 4 atom stereocenters. The van der Waals surface area contributed by atoms with Crippen LogP contribution in [0.5, 0.6) is 0 Å². The molecule has 4 heterocycles. The maximum Gasteiger partial charge on any atom is 0.271 e. The van der Waals surface area contributed by atoms with Crippen LogP contribution in [0.15, 0.2) is 36.4 Å². The minimum absolute atomic E-state index is 0.152. The first-order valence-corrected chi connectivity index (χ1v) is 11.2. The van der Waals surface area contributed by atoms with Gasteiger partial charge in [-0.3, -0.25) is 29.4 Å². The summed E-state index contributed by atoms with van der Waals surface area (Å²) in [5, 5.41) is 14.7. The number of amides is 3. The van der Waals surface area contributed by atoms with Gasteiger partial charge in [-0.2, -0.15) is 0 Å². The van der Waals surface area contributed by atoms with E-state index in [1.54, 1.807) is 12.1 Å². The molecule has 6 rings (SSSR count). The van der Waals surface area contributed by atoms with E-state index < -0.39 is 34.1 Å². The van der Waals surface area contributed by atoms with Gasteiger partial charge in [0.25, 0.3) is 5.69 Å². The van der Waals surface area contributed by atoms with E-state index in [1.165, 1.54) is 24.3 Å². The Morgan fingerprint density at radius 2 is 1.97 bits per heavy atom. The van der Waals surface area contributed by atoms with Crippen molar-refractivity contribution in [1.82, 2.24) is 4.90 Å². The number of benzene rings is 2. The minimum Gasteiger partial charge on any atom is -0.324 e. The number of non-ortho nitro benzene ring substituents is 1. The number of carbonyl (C=O) groups is 3. The molecule has 3 saturated heterocycles. The summed E-state index contributed by atoms with van der Waals surface area (Å²) in [6.45, 7) is 2.41. The average molecular weight is 467 g/mol. The lowest BCUT2D eigenvalue weighted by molar-refractivity contribution is -0.384. The number of rotatable bonds is 2. The molecule has 0 radical (unpaired) electrons. The molecule has 0 aromatic heterocycles. The number of halogens is 1. The highest BCUT2D eigenvalue weighted by Crippen LogP contribution is 2.61. The third kappa shape index (κ3) is 2.33. The van der Waals surface area contributed by atoms with Crippen LogP contribution < -0.4 is 10.2 Å². The summed E-state index contributed by atoms with van der Waals surface area (Å²) >= 11 is 6.30. The van der Waals surface area contributed by atoms with Crippen molar-refractivity contribution in [3.8, 4) is 0 Å². The number of nitrogens with zero attached hydrogens (tertiary/aromatic N) is 3. The van der Waals surface area contributed by atoms with Crippen molar-refractivity contribution in [3.63, 3.8) is 0 Å². The third-order valence-electron chi connectivity index (χ3n) is 7.66. The van der Waals surface area contributed by atoms with E-state index >= 15 is 0 Å². The predicted octanol–water partition coefficient (Wildman–Crippen LogP) is 2.99. The maximum atomic E-state index is 13.9. The normalized spacial score (nSPS) is 30.1. The van der Waals surface area contributed by atoms with Gasteiger partial charge >= 0.3 is 0 Å². The predicted molar refractivity (Wildman–Crippen MR) is 119 cm³/mol. The largest absolute Gasteiger partial charge is 0.324 e.